The van der Waals surface area contributed by atoms with Gasteiger partial charge in [-0.05, 0) is 115 Å². The second kappa shape index (κ2) is 31.2. The number of hydrogen-bond donors (Lipinski definition) is 2. The molecule has 0 spiro atoms. The van der Waals surface area contributed by atoms with E-state index >= 15 is 24.0 Å². The zero-order chi connectivity index (χ0) is 66.3. The van der Waals surface area contributed by atoms with Crippen molar-refractivity contribution >= 4 is 47.3 Å². The predicted molar refractivity (Wildman–Crippen MR) is 351 cm³/mol. The molecule has 1 fully saturated rings. The second-order valence-corrected chi connectivity index (χ2v) is 25.3. The maximum Gasteiger partial charge on any atom is 0.243 e. The summed E-state index contributed by atoms with van der Waals surface area (Å²) in [5.41, 5.74) is 8.53. The number of rotatable bonds is 27. The Hall–Kier alpha value is -9.00. The summed E-state index contributed by atoms with van der Waals surface area (Å²) in [7, 11) is 0. The molecule has 6 atom stereocenters. The van der Waals surface area contributed by atoms with Gasteiger partial charge in [-0.1, -0.05) is 182 Å². The Morgan fingerprint density at radius 3 is 0.747 bits per heavy atom. The van der Waals surface area contributed by atoms with E-state index in [-0.39, 0.29) is 12.5 Å². The van der Waals surface area contributed by atoms with E-state index in [4.69, 9.17) is 5.73 Å². The maximum absolute atomic E-state index is 15.8. The van der Waals surface area contributed by atoms with Crippen LogP contribution in [0, 0.1) is 0 Å². The van der Waals surface area contributed by atoms with Crippen molar-refractivity contribution in [3.8, 4) is 0 Å². The van der Waals surface area contributed by atoms with Gasteiger partial charge in [-0.15, -0.1) is 0 Å². The van der Waals surface area contributed by atoms with Crippen LogP contribution in [0.5, 0.6) is 0 Å². The molecular formula is C73H91N9O9. The SMILES string of the molecule is CC(=O)N(CC(=O)N(CC(=O)N(CC(=O)N(CC(=O)N(CC(=O)N(CC(=O)N(CC(N)=O)[C@@H](C)c1ccccc1)[C@@H](C)c1ccccc1)[C@@H](C)c1ccccc1)[C@@H](C)c1ccccc1)[C@@H](C)c1ccccc1)[C@@H](C)c1ccccc1)C1CC(C)(C)N(O)C(C)(C)C1. The molecule has 6 aromatic carbocycles. The van der Waals surface area contributed by atoms with E-state index < -0.39 is 134 Å². The molecule has 0 unspecified atom stereocenters. The van der Waals surface area contributed by atoms with Gasteiger partial charge in [-0.25, -0.2) is 0 Å². The minimum Gasteiger partial charge on any atom is -0.368 e. The van der Waals surface area contributed by atoms with Crippen LogP contribution in [0.1, 0.15) is 159 Å². The van der Waals surface area contributed by atoms with Gasteiger partial charge in [0.25, 0.3) is 0 Å². The summed E-state index contributed by atoms with van der Waals surface area (Å²) in [5, 5.41) is 12.5. The van der Waals surface area contributed by atoms with Crippen molar-refractivity contribution in [1.82, 2.24) is 39.4 Å². The molecule has 1 saturated heterocycles. The molecule has 0 radical (unpaired) electrons. The third-order valence-electron chi connectivity index (χ3n) is 18.0. The standard InChI is InChI=1S/C73H91N9O9/c1-51(58-30-18-12-19-31-58)75(44-65(74)84)66(85)45-76(52(2)59-32-20-13-21-33-59)67(86)46-77(53(3)60-34-22-14-23-35-60)68(87)47-78(54(4)61-36-24-15-25-37-61)69(88)48-79(55(5)62-38-26-16-27-39-62)70(89)49-80(56(6)63-40-28-17-29-41-63)71(90)50-81(57(7)83)64-42-72(8,9)82(91)73(10,11)43-64/h12-41,51-56,64,91H,42-50H2,1-11H3,(H2,74,84)/t51-,52-,53-,54-,55-,56-/m0/s1. The van der Waals surface area contributed by atoms with Crippen LogP contribution in [0.2, 0.25) is 0 Å². The van der Waals surface area contributed by atoms with E-state index in [1.807, 2.05) is 217 Å². The highest BCUT2D eigenvalue weighted by Crippen LogP contribution is 2.39. The van der Waals surface area contributed by atoms with Gasteiger partial charge in [0.15, 0.2) is 0 Å². The minimum absolute atomic E-state index is 0.338. The molecular weight excluding hydrogens is 1150 g/mol. The smallest absolute Gasteiger partial charge is 0.243 e. The lowest BCUT2D eigenvalue weighted by atomic mass is 9.78. The maximum atomic E-state index is 15.8. The number of benzene rings is 6. The Labute approximate surface area is 537 Å². The Kier molecular flexibility index (Phi) is 23.8. The fraction of sp³-hybridized carbons (Fsp3) is 0.397. The van der Waals surface area contributed by atoms with Crippen LogP contribution in [-0.2, 0) is 38.4 Å². The number of hydroxylamine groups is 2. The predicted octanol–water partition coefficient (Wildman–Crippen LogP) is 10.3. The Morgan fingerprint density at radius 1 is 0.374 bits per heavy atom. The first-order valence-electron chi connectivity index (χ1n) is 31.3. The van der Waals surface area contributed by atoms with Crippen LogP contribution in [0.15, 0.2) is 182 Å². The summed E-state index contributed by atoms with van der Waals surface area (Å²) < 4.78 is 0. The van der Waals surface area contributed by atoms with Gasteiger partial charge in [0.05, 0.1) is 42.8 Å². The number of nitrogens with two attached hydrogens (primary N) is 1. The molecule has 91 heavy (non-hydrogen) atoms. The van der Waals surface area contributed by atoms with Gasteiger partial charge in [-0.3, -0.25) is 38.4 Å². The number of nitrogens with zero attached hydrogens (tertiary/aromatic N) is 8. The summed E-state index contributed by atoms with van der Waals surface area (Å²) in [5.74, 6) is -4.52. The van der Waals surface area contributed by atoms with Gasteiger partial charge in [0.2, 0.25) is 47.3 Å². The molecule has 0 aromatic heterocycles. The average Bonchev–Trinajstić information content (AvgIpc) is 1.66. The second-order valence-electron chi connectivity index (χ2n) is 25.3. The first-order valence-corrected chi connectivity index (χ1v) is 31.3. The molecule has 0 bridgehead atoms. The first kappa shape index (κ1) is 69.5. The van der Waals surface area contributed by atoms with Crippen LogP contribution in [0.25, 0.3) is 0 Å². The molecule has 1 aliphatic rings. The average molecular weight is 1240 g/mol. The molecule has 0 aliphatic carbocycles. The number of carbonyl (C=O) groups excluding carboxylic acids is 8. The molecule has 3 N–H and O–H groups in total. The number of carbonyl (C=O) groups is 8. The van der Waals surface area contributed by atoms with Crippen LogP contribution in [0.4, 0.5) is 0 Å². The van der Waals surface area contributed by atoms with E-state index in [0.717, 1.165) is 11.1 Å². The van der Waals surface area contributed by atoms with E-state index in [0.29, 0.717) is 35.1 Å². The van der Waals surface area contributed by atoms with Crippen molar-refractivity contribution in [2.75, 3.05) is 45.8 Å². The zero-order valence-corrected chi connectivity index (χ0v) is 54.6. The third kappa shape index (κ3) is 17.7. The first-order chi connectivity index (χ1) is 43.2. The summed E-state index contributed by atoms with van der Waals surface area (Å²) >= 11 is 0. The number of amides is 8. The fourth-order valence-corrected chi connectivity index (χ4v) is 12.6. The molecule has 6 aromatic rings. The van der Waals surface area contributed by atoms with Crippen molar-refractivity contribution in [3.05, 3.63) is 215 Å². The molecule has 0 saturated carbocycles. The van der Waals surface area contributed by atoms with Crippen molar-refractivity contribution in [2.24, 2.45) is 5.73 Å². The largest absolute Gasteiger partial charge is 0.368 e. The Morgan fingerprint density at radius 2 is 0.560 bits per heavy atom. The van der Waals surface area contributed by atoms with Crippen molar-refractivity contribution in [1.29, 1.82) is 0 Å². The van der Waals surface area contributed by atoms with Crippen LogP contribution >= 0.6 is 0 Å². The molecule has 7 rings (SSSR count). The van der Waals surface area contributed by atoms with Gasteiger partial charge >= 0.3 is 0 Å². The van der Waals surface area contributed by atoms with Gasteiger partial charge in [0, 0.05) is 24.0 Å². The summed E-state index contributed by atoms with van der Waals surface area (Å²) in [6.45, 7) is 16.3. The topological polar surface area (TPSA) is 209 Å². The normalized spacial score (nSPS) is 15.7. The number of primary amides is 1. The zero-order valence-electron chi connectivity index (χ0n) is 54.6. The lowest BCUT2D eigenvalue weighted by molar-refractivity contribution is -0.251. The molecule has 18 heteroatoms. The van der Waals surface area contributed by atoms with E-state index in [1.165, 1.54) is 46.3 Å². The molecule has 482 valence electrons. The van der Waals surface area contributed by atoms with Crippen LogP contribution in [-0.4, -0.2) is 155 Å². The van der Waals surface area contributed by atoms with Crippen LogP contribution < -0.4 is 5.73 Å². The highest BCUT2D eigenvalue weighted by molar-refractivity contribution is 5.94. The third-order valence-corrected chi connectivity index (χ3v) is 18.0. The lowest BCUT2D eigenvalue weighted by Crippen LogP contribution is -2.64. The molecule has 1 aliphatic heterocycles. The number of hydrogen-bond acceptors (Lipinski definition) is 10. The Balaban J connectivity index is 1.25. The highest BCUT2D eigenvalue weighted by atomic mass is 16.5. The van der Waals surface area contributed by atoms with Gasteiger partial charge in [-0.2, -0.15) is 5.06 Å². The monoisotopic (exact) mass is 1240 g/mol. The minimum atomic E-state index is -0.775. The molecule has 1 heterocycles. The van der Waals surface area contributed by atoms with Crippen molar-refractivity contribution < 1.29 is 43.6 Å². The number of piperidine rings is 1. The molecule has 18 nitrogen and oxygen atoms in total. The van der Waals surface area contributed by atoms with Crippen LogP contribution in [0.3, 0.4) is 0 Å². The quantitative estimate of drug-likeness (QED) is 0.0499. The van der Waals surface area contributed by atoms with Crippen molar-refractivity contribution in [2.45, 2.75) is 142 Å². The van der Waals surface area contributed by atoms with E-state index in [9.17, 15) is 19.6 Å². The van der Waals surface area contributed by atoms with Gasteiger partial charge in [0.1, 0.15) is 39.3 Å². The highest BCUT2D eigenvalue weighted by Gasteiger charge is 2.48. The Bertz CT molecular complexity index is 3400. The summed E-state index contributed by atoms with van der Waals surface area (Å²) in [6.07, 6.45) is 0.745. The fourth-order valence-electron chi connectivity index (χ4n) is 12.6. The summed E-state index contributed by atoms with van der Waals surface area (Å²) in [6, 6.07) is 50.4. The summed E-state index contributed by atoms with van der Waals surface area (Å²) in [4.78, 5) is 129. The van der Waals surface area contributed by atoms with Crippen molar-refractivity contribution in [3.63, 3.8) is 0 Å². The van der Waals surface area contributed by atoms with E-state index in [1.54, 1.807) is 34.6 Å². The van der Waals surface area contributed by atoms with Gasteiger partial charge < -0.3 is 45.2 Å². The molecule has 8 amide bonds. The van der Waals surface area contributed by atoms with E-state index in [2.05, 4.69) is 0 Å². The lowest BCUT2D eigenvalue weighted by Gasteiger charge is -2.53.